The number of fused-ring (bicyclic) bond motifs is 1. The van der Waals surface area contributed by atoms with Crippen LogP contribution in [0.5, 0.6) is 0 Å². The zero-order valence-electron chi connectivity index (χ0n) is 13.5. The Labute approximate surface area is 145 Å². The Bertz CT molecular complexity index is 816. The largest absolute Gasteiger partial charge is 0.338 e. The summed E-state index contributed by atoms with van der Waals surface area (Å²) in [7, 11) is 0. The van der Waals surface area contributed by atoms with Gasteiger partial charge in [0, 0.05) is 23.9 Å². The van der Waals surface area contributed by atoms with Crippen molar-refractivity contribution in [2.45, 2.75) is 12.8 Å². The molecule has 0 fully saturated rings. The number of hydrogen-bond donors (Lipinski definition) is 2. The number of nitrogens with one attached hydrogen (secondary N) is 2. The summed E-state index contributed by atoms with van der Waals surface area (Å²) in [5, 5.41) is 11.1. The maximum atomic E-state index is 12.0. The Morgan fingerprint density at radius 2 is 2.04 bits per heavy atom. The molecule has 6 heteroatoms. The van der Waals surface area contributed by atoms with E-state index in [1.807, 2.05) is 52.9 Å². The van der Waals surface area contributed by atoms with E-state index in [1.54, 1.807) is 0 Å². The maximum absolute atomic E-state index is 12.0. The summed E-state index contributed by atoms with van der Waals surface area (Å²) in [6.45, 7) is 0.645. The third-order valence-corrected chi connectivity index (χ3v) is 4.38. The fourth-order valence-corrected chi connectivity index (χ4v) is 3.03. The van der Waals surface area contributed by atoms with Crippen molar-refractivity contribution in [3.63, 3.8) is 0 Å². The van der Waals surface area contributed by atoms with Gasteiger partial charge in [-0.05, 0) is 48.6 Å². The summed E-state index contributed by atoms with van der Waals surface area (Å²) in [4.78, 5) is 12.0. The van der Waals surface area contributed by atoms with Crippen LogP contribution in [-0.4, -0.2) is 28.0 Å². The number of nitrogens with zero attached hydrogens (tertiary/aromatic N) is 2. The van der Waals surface area contributed by atoms with Crippen LogP contribution >= 0.6 is 11.9 Å². The van der Waals surface area contributed by atoms with Crippen LogP contribution in [0.15, 0.2) is 54.7 Å². The van der Waals surface area contributed by atoms with Crippen LogP contribution in [0.2, 0.25) is 0 Å². The lowest BCUT2D eigenvalue weighted by Gasteiger charge is -2.08. The number of anilines is 1. The van der Waals surface area contributed by atoms with Gasteiger partial charge in [-0.15, -0.1) is 0 Å². The molecular weight excluding hydrogens is 320 g/mol. The summed E-state index contributed by atoms with van der Waals surface area (Å²) in [5.74, 6) is 0. The second-order valence-electron chi connectivity index (χ2n) is 5.44. The van der Waals surface area contributed by atoms with Crippen molar-refractivity contribution < 1.29 is 4.79 Å². The number of aromatic nitrogens is 2. The van der Waals surface area contributed by atoms with Gasteiger partial charge in [-0.1, -0.05) is 30.3 Å². The van der Waals surface area contributed by atoms with Gasteiger partial charge >= 0.3 is 6.03 Å². The van der Waals surface area contributed by atoms with Gasteiger partial charge in [-0.2, -0.15) is 5.10 Å². The molecule has 0 saturated heterocycles. The molecule has 0 aliphatic rings. The molecule has 0 atom stereocenters. The highest BCUT2D eigenvalue weighted by atomic mass is 32.2. The smallest absolute Gasteiger partial charge is 0.319 e. The third kappa shape index (κ3) is 4.08. The first-order valence-corrected chi connectivity index (χ1v) is 9.05. The zero-order chi connectivity index (χ0) is 16.8. The van der Waals surface area contributed by atoms with E-state index in [9.17, 15) is 4.79 Å². The number of urea groups is 1. The van der Waals surface area contributed by atoms with Crippen LogP contribution in [0.1, 0.15) is 12.0 Å². The van der Waals surface area contributed by atoms with Crippen molar-refractivity contribution in [1.29, 1.82) is 0 Å². The van der Waals surface area contributed by atoms with Crippen LogP contribution in [0.4, 0.5) is 10.5 Å². The molecule has 1 heterocycles. The number of carbonyl (C=O) groups is 1. The predicted octanol–water partition coefficient (Wildman–Crippen LogP) is 3.92. The fraction of sp³-hybridized carbons (Fsp3) is 0.222. The molecule has 2 aromatic carbocycles. The van der Waals surface area contributed by atoms with E-state index in [1.165, 1.54) is 17.5 Å². The van der Waals surface area contributed by atoms with Crippen molar-refractivity contribution in [3.05, 3.63) is 60.3 Å². The van der Waals surface area contributed by atoms with Crippen LogP contribution in [0.3, 0.4) is 0 Å². The van der Waals surface area contributed by atoms with Crippen LogP contribution in [-0.2, 0) is 6.42 Å². The molecule has 3 rings (SSSR count). The number of benzene rings is 2. The fourth-order valence-electron chi connectivity index (χ4n) is 2.53. The average Bonchev–Trinajstić information content (AvgIpc) is 3.02. The van der Waals surface area contributed by atoms with Crippen molar-refractivity contribution >= 4 is 34.6 Å². The molecule has 0 unspecified atom stereocenters. The molecule has 0 saturated carbocycles. The molecular formula is C18H20N4OS. The van der Waals surface area contributed by atoms with E-state index >= 15 is 0 Å². The molecule has 2 amide bonds. The second kappa shape index (κ2) is 7.88. The first-order valence-electron chi connectivity index (χ1n) is 7.87. The minimum atomic E-state index is -0.183. The lowest BCUT2D eigenvalue weighted by atomic mass is 10.1. The first-order chi connectivity index (χ1) is 11.8. The highest BCUT2D eigenvalue weighted by molar-refractivity contribution is 7.97. The van der Waals surface area contributed by atoms with Gasteiger partial charge in [0.15, 0.2) is 0 Å². The van der Waals surface area contributed by atoms with Crippen LogP contribution in [0.25, 0.3) is 10.9 Å². The standard InChI is InChI=1S/C18H20N4OS/c1-24-22-17-12-16(10-9-15(17)13-20-22)21-18(23)19-11-5-8-14-6-3-2-4-7-14/h2-4,6-7,9-10,12-13H,5,8,11H2,1H3,(H2,19,21,23). The molecule has 0 radical (unpaired) electrons. The number of aryl methyl sites for hydroxylation is 1. The summed E-state index contributed by atoms with van der Waals surface area (Å²) in [6, 6.07) is 15.9. The molecule has 124 valence electrons. The maximum Gasteiger partial charge on any atom is 0.319 e. The molecule has 0 aliphatic carbocycles. The summed E-state index contributed by atoms with van der Waals surface area (Å²) < 4.78 is 1.83. The zero-order valence-corrected chi connectivity index (χ0v) is 14.3. The summed E-state index contributed by atoms with van der Waals surface area (Å²) in [5.41, 5.74) is 3.04. The Hall–Kier alpha value is -2.47. The normalized spacial score (nSPS) is 10.7. The number of hydrogen-bond acceptors (Lipinski definition) is 3. The van der Waals surface area contributed by atoms with Crippen molar-refractivity contribution in [3.8, 4) is 0 Å². The quantitative estimate of drug-likeness (QED) is 0.669. The van der Waals surface area contributed by atoms with Gasteiger partial charge in [0.05, 0.1) is 11.7 Å². The number of rotatable bonds is 6. The molecule has 0 spiro atoms. The topological polar surface area (TPSA) is 59.0 Å². The average molecular weight is 340 g/mol. The van der Waals surface area contributed by atoms with Gasteiger partial charge < -0.3 is 10.6 Å². The number of carbonyl (C=O) groups excluding carboxylic acids is 1. The van der Waals surface area contributed by atoms with E-state index in [2.05, 4.69) is 27.9 Å². The molecule has 0 aliphatic heterocycles. The van der Waals surface area contributed by atoms with Gasteiger partial charge in [0.25, 0.3) is 0 Å². The van der Waals surface area contributed by atoms with E-state index < -0.39 is 0 Å². The SMILES string of the molecule is CSn1ncc2ccc(NC(=O)NCCCc3ccccc3)cc21. The monoisotopic (exact) mass is 340 g/mol. The van der Waals surface area contributed by atoms with Gasteiger partial charge in [-0.25, -0.2) is 8.88 Å². The Morgan fingerprint density at radius 3 is 2.83 bits per heavy atom. The minimum absolute atomic E-state index is 0.183. The van der Waals surface area contributed by atoms with Crippen molar-refractivity contribution in [2.24, 2.45) is 0 Å². The van der Waals surface area contributed by atoms with Crippen molar-refractivity contribution in [1.82, 2.24) is 14.5 Å². The van der Waals surface area contributed by atoms with Crippen LogP contribution < -0.4 is 10.6 Å². The van der Waals surface area contributed by atoms with E-state index in [4.69, 9.17) is 0 Å². The molecule has 0 bridgehead atoms. The minimum Gasteiger partial charge on any atom is -0.338 e. The Kier molecular flexibility index (Phi) is 5.38. The lowest BCUT2D eigenvalue weighted by molar-refractivity contribution is 0.252. The highest BCUT2D eigenvalue weighted by Crippen LogP contribution is 2.21. The van der Waals surface area contributed by atoms with Crippen LogP contribution in [0, 0.1) is 0 Å². The van der Waals surface area contributed by atoms with E-state index in [0.717, 1.165) is 29.4 Å². The molecule has 5 nitrogen and oxygen atoms in total. The molecule has 3 aromatic rings. The van der Waals surface area contributed by atoms with Gasteiger partial charge in [0.2, 0.25) is 0 Å². The summed E-state index contributed by atoms with van der Waals surface area (Å²) >= 11 is 1.52. The van der Waals surface area contributed by atoms with Gasteiger partial charge in [0.1, 0.15) is 0 Å². The van der Waals surface area contributed by atoms with Crippen molar-refractivity contribution in [2.75, 3.05) is 18.1 Å². The first kappa shape index (κ1) is 16.4. The predicted molar refractivity (Wildman–Crippen MR) is 100 cm³/mol. The lowest BCUT2D eigenvalue weighted by Crippen LogP contribution is -2.29. The van der Waals surface area contributed by atoms with E-state index in [0.29, 0.717) is 6.54 Å². The highest BCUT2D eigenvalue weighted by Gasteiger charge is 2.06. The Morgan fingerprint density at radius 1 is 1.21 bits per heavy atom. The number of amides is 2. The molecule has 1 aromatic heterocycles. The van der Waals surface area contributed by atoms with Gasteiger partial charge in [-0.3, -0.25) is 0 Å². The van der Waals surface area contributed by atoms with E-state index in [-0.39, 0.29) is 6.03 Å². The Balaban J connectivity index is 1.49. The third-order valence-electron chi connectivity index (χ3n) is 3.74. The summed E-state index contributed by atoms with van der Waals surface area (Å²) in [6.07, 6.45) is 5.65. The molecule has 2 N–H and O–H groups in total. The second-order valence-corrected chi connectivity index (χ2v) is 6.15. The molecule has 24 heavy (non-hydrogen) atoms.